The molecule has 82 valence electrons. The van der Waals surface area contributed by atoms with Gasteiger partial charge in [0, 0.05) is 18.6 Å². The number of hydrogen-bond acceptors (Lipinski definition) is 5. The Balaban J connectivity index is 2.61. The van der Waals surface area contributed by atoms with Crippen LogP contribution in [0.3, 0.4) is 0 Å². The fraction of sp³-hybridized carbons (Fsp3) is 0.333. The topological polar surface area (TPSA) is 104 Å². The molecule has 0 aromatic heterocycles. The van der Waals surface area contributed by atoms with Crippen molar-refractivity contribution in [1.82, 2.24) is 0 Å². The van der Waals surface area contributed by atoms with Crippen molar-refractivity contribution in [1.29, 1.82) is 0 Å². The molecular weight excluding hydrogens is 202 g/mol. The van der Waals surface area contributed by atoms with Crippen LogP contribution in [0.25, 0.3) is 0 Å². The molecular formula is C9H11NO5. The van der Waals surface area contributed by atoms with E-state index >= 15 is 0 Å². The average molecular weight is 213 g/mol. The van der Waals surface area contributed by atoms with Crippen molar-refractivity contribution in [3.8, 4) is 0 Å². The Morgan fingerprint density at radius 1 is 1.20 bits per heavy atom. The molecule has 0 aliphatic heterocycles. The summed E-state index contributed by atoms with van der Waals surface area (Å²) < 4.78 is 0. The molecule has 0 amide bonds. The molecule has 1 aromatic rings. The van der Waals surface area contributed by atoms with Gasteiger partial charge in [-0.15, -0.1) is 0 Å². The van der Waals surface area contributed by atoms with Crippen molar-refractivity contribution in [3.63, 3.8) is 0 Å². The van der Waals surface area contributed by atoms with Crippen LogP contribution in [0.4, 0.5) is 5.69 Å². The van der Waals surface area contributed by atoms with Crippen LogP contribution in [0.5, 0.6) is 0 Å². The number of nitrogens with zero attached hydrogens (tertiary/aromatic N) is 1. The normalized spacial score (nSPS) is 11.4. The van der Waals surface area contributed by atoms with Gasteiger partial charge in [-0.2, -0.15) is 0 Å². The van der Waals surface area contributed by atoms with E-state index in [0.717, 1.165) is 0 Å². The van der Waals surface area contributed by atoms with Crippen molar-refractivity contribution in [2.75, 3.05) is 0 Å². The quantitative estimate of drug-likeness (QED) is 0.375. The number of hydrogen-bond donors (Lipinski definition) is 3. The van der Waals surface area contributed by atoms with Gasteiger partial charge < -0.3 is 15.3 Å². The third-order valence-electron chi connectivity index (χ3n) is 1.90. The Morgan fingerprint density at radius 3 is 2.13 bits per heavy atom. The second-order valence-electron chi connectivity index (χ2n) is 3.20. The number of rotatable bonds is 4. The summed E-state index contributed by atoms with van der Waals surface area (Å²) >= 11 is 0. The maximum absolute atomic E-state index is 10.3. The number of aryl methyl sites for hydroxylation is 1. The molecule has 0 atom stereocenters. The van der Waals surface area contributed by atoms with Gasteiger partial charge in [-0.1, -0.05) is 12.1 Å². The van der Waals surface area contributed by atoms with E-state index in [2.05, 4.69) is 0 Å². The Labute approximate surface area is 85.6 Å². The number of nitro benzene ring substituents is 1. The fourth-order valence-electron chi connectivity index (χ4n) is 1.10. The predicted octanol–water partition coefficient (Wildman–Crippen LogP) is 0.158. The minimum Gasteiger partial charge on any atom is -0.344 e. The highest BCUT2D eigenvalue weighted by Gasteiger charge is 2.17. The molecule has 0 bridgehead atoms. The molecule has 0 radical (unpaired) electrons. The molecule has 0 fully saturated rings. The first kappa shape index (κ1) is 11.6. The van der Waals surface area contributed by atoms with Crippen molar-refractivity contribution in [3.05, 3.63) is 39.9 Å². The molecule has 1 aromatic carbocycles. The summed E-state index contributed by atoms with van der Waals surface area (Å²) in [6, 6.07) is 5.65. The largest absolute Gasteiger partial charge is 0.344 e. The van der Waals surface area contributed by atoms with Crippen LogP contribution in [0.1, 0.15) is 12.0 Å². The number of non-ortho nitro benzene ring substituents is 1. The highest BCUT2D eigenvalue weighted by Crippen LogP contribution is 2.14. The summed E-state index contributed by atoms with van der Waals surface area (Å²) in [5, 5.41) is 36.2. The molecule has 6 heteroatoms. The van der Waals surface area contributed by atoms with E-state index < -0.39 is 10.9 Å². The van der Waals surface area contributed by atoms with Gasteiger partial charge in [0.05, 0.1) is 4.92 Å². The highest BCUT2D eigenvalue weighted by atomic mass is 16.7. The van der Waals surface area contributed by atoms with Gasteiger partial charge in [0.2, 0.25) is 0 Å². The van der Waals surface area contributed by atoms with Crippen LogP contribution in [0.2, 0.25) is 0 Å². The molecule has 1 rings (SSSR count). The van der Waals surface area contributed by atoms with Crippen LogP contribution in [0, 0.1) is 10.1 Å². The number of benzene rings is 1. The second-order valence-corrected chi connectivity index (χ2v) is 3.20. The maximum Gasteiger partial charge on any atom is 0.275 e. The van der Waals surface area contributed by atoms with Crippen LogP contribution in [-0.2, 0) is 6.42 Å². The van der Waals surface area contributed by atoms with Gasteiger partial charge in [0.25, 0.3) is 11.7 Å². The zero-order chi connectivity index (χ0) is 11.5. The van der Waals surface area contributed by atoms with E-state index in [1.807, 2.05) is 0 Å². The van der Waals surface area contributed by atoms with Crippen LogP contribution in [0.15, 0.2) is 24.3 Å². The Bertz CT molecular complexity index is 341. The molecule has 0 aliphatic carbocycles. The van der Waals surface area contributed by atoms with E-state index in [4.69, 9.17) is 15.3 Å². The molecule has 0 saturated heterocycles. The molecule has 0 aliphatic rings. The van der Waals surface area contributed by atoms with Crippen molar-refractivity contribution in [2.45, 2.75) is 18.8 Å². The van der Waals surface area contributed by atoms with Gasteiger partial charge in [0.1, 0.15) is 0 Å². The van der Waals surface area contributed by atoms with Gasteiger partial charge in [0.15, 0.2) is 0 Å². The highest BCUT2D eigenvalue weighted by molar-refractivity contribution is 5.32. The number of nitro groups is 1. The second kappa shape index (κ2) is 4.35. The van der Waals surface area contributed by atoms with Crippen molar-refractivity contribution >= 4 is 5.69 Å². The summed E-state index contributed by atoms with van der Waals surface area (Å²) in [7, 11) is 0. The number of aliphatic hydroxyl groups is 3. The van der Waals surface area contributed by atoms with E-state index in [1.165, 1.54) is 24.3 Å². The van der Waals surface area contributed by atoms with Gasteiger partial charge in [-0.05, 0) is 12.0 Å². The van der Waals surface area contributed by atoms with Crippen LogP contribution in [-0.4, -0.2) is 26.2 Å². The SMILES string of the molecule is O=[N+]([O-])c1ccc(CCC(O)(O)O)cc1. The van der Waals surface area contributed by atoms with E-state index in [9.17, 15) is 10.1 Å². The standard InChI is InChI=1S/C9H11NO5/c11-9(12,13)6-5-7-1-3-8(4-2-7)10(14)15/h1-4,11-13H,5-6H2. The van der Waals surface area contributed by atoms with Gasteiger partial charge in [-0.3, -0.25) is 10.1 Å². The zero-order valence-corrected chi connectivity index (χ0v) is 7.83. The zero-order valence-electron chi connectivity index (χ0n) is 7.83. The lowest BCUT2D eigenvalue weighted by molar-refractivity contribution is -0.384. The molecule has 0 unspecified atom stereocenters. The van der Waals surface area contributed by atoms with E-state index in [0.29, 0.717) is 5.56 Å². The van der Waals surface area contributed by atoms with Crippen LogP contribution < -0.4 is 0 Å². The summed E-state index contributed by atoms with van der Waals surface area (Å²) in [6.07, 6.45) is -0.0215. The Kier molecular flexibility index (Phi) is 3.35. The molecule has 15 heavy (non-hydrogen) atoms. The smallest absolute Gasteiger partial charge is 0.275 e. The molecule has 0 saturated carbocycles. The summed E-state index contributed by atoms with van der Waals surface area (Å²) in [4.78, 5) is 9.80. The lowest BCUT2D eigenvalue weighted by atomic mass is 10.1. The monoisotopic (exact) mass is 213 g/mol. The van der Waals surface area contributed by atoms with Gasteiger partial charge in [-0.25, -0.2) is 0 Å². The lowest BCUT2D eigenvalue weighted by Gasteiger charge is -2.13. The first-order valence-corrected chi connectivity index (χ1v) is 4.29. The summed E-state index contributed by atoms with van der Waals surface area (Å²) in [5.74, 6) is -2.69. The minimum absolute atomic E-state index is 0.0259. The fourth-order valence-corrected chi connectivity index (χ4v) is 1.10. The first-order chi connectivity index (χ1) is 6.88. The summed E-state index contributed by atoms with van der Waals surface area (Å²) in [6.45, 7) is 0. The summed E-state index contributed by atoms with van der Waals surface area (Å²) in [5.41, 5.74) is 0.657. The average Bonchev–Trinajstić information content (AvgIpc) is 2.14. The first-order valence-electron chi connectivity index (χ1n) is 4.29. The lowest BCUT2D eigenvalue weighted by Crippen LogP contribution is -2.27. The third-order valence-corrected chi connectivity index (χ3v) is 1.90. The molecule has 6 nitrogen and oxygen atoms in total. The molecule has 3 N–H and O–H groups in total. The van der Waals surface area contributed by atoms with Crippen molar-refractivity contribution < 1.29 is 20.2 Å². The Hall–Kier alpha value is -1.50. The van der Waals surface area contributed by atoms with Crippen LogP contribution >= 0.6 is 0 Å². The molecule has 0 spiro atoms. The minimum atomic E-state index is -2.69. The Morgan fingerprint density at radius 2 is 1.73 bits per heavy atom. The predicted molar refractivity (Wildman–Crippen MR) is 50.8 cm³/mol. The van der Waals surface area contributed by atoms with E-state index in [-0.39, 0.29) is 18.5 Å². The van der Waals surface area contributed by atoms with Gasteiger partial charge >= 0.3 is 0 Å². The third kappa shape index (κ3) is 4.03. The van der Waals surface area contributed by atoms with E-state index in [1.54, 1.807) is 0 Å². The molecule has 0 heterocycles. The van der Waals surface area contributed by atoms with Crippen molar-refractivity contribution in [2.24, 2.45) is 0 Å². The maximum atomic E-state index is 10.3.